The largest absolute Gasteiger partial charge is 0.493 e. The second-order valence-electron chi connectivity index (χ2n) is 9.32. The number of ether oxygens (including phenoxy) is 1. The molecule has 0 aliphatic heterocycles. The van der Waals surface area contributed by atoms with Crippen molar-refractivity contribution in [1.29, 1.82) is 5.26 Å². The minimum atomic E-state index is -0.607. The van der Waals surface area contributed by atoms with Gasteiger partial charge >= 0.3 is 0 Å². The van der Waals surface area contributed by atoms with Gasteiger partial charge in [0.1, 0.15) is 23.2 Å². The number of nitriles is 1. The average molecular weight is 502 g/mol. The zero-order chi connectivity index (χ0) is 26.2. The van der Waals surface area contributed by atoms with Gasteiger partial charge in [0.05, 0.1) is 18.2 Å². The molecule has 0 aliphatic rings. The van der Waals surface area contributed by atoms with Crippen molar-refractivity contribution in [3.05, 3.63) is 112 Å². The third-order valence-electron chi connectivity index (χ3n) is 6.66. The van der Waals surface area contributed by atoms with Crippen LogP contribution in [0, 0.1) is 28.8 Å². The molecule has 0 aliphatic carbocycles. The molecule has 0 atom stereocenters. The maximum absolute atomic E-state index is 15.2. The first-order chi connectivity index (χ1) is 18.0. The normalized spacial score (nSPS) is 11.0. The van der Waals surface area contributed by atoms with Crippen LogP contribution >= 0.6 is 0 Å². The Kier molecular flexibility index (Phi) is 8.85. The first-order valence-corrected chi connectivity index (χ1v) is 12.8. The molecule has 0 spiro atoms. The van der Waals surface area contributed by atoms with E-state index in [1.165, 1.54) is 12.1 Å². The molecule has 0 N–H and O–H groups in total. The molecule has 2 nitrogen and oxygen atoms in total. The van der Waals surface area contributed by atoms with Gasteiger partial charge in [-0.05, 0) is 66.3 Å². The van der Waals surface area contributed by atoms with Gasteiger partial charge in [-0.25, -0.2) is 13.2 Å². The summed E-state index contributed by atoms with van der Waals surface area (Å²) in [7, 11) is 0. The Hall–Kier alpha value is -3.78. The molecule has 0 saturated heterocycles. The summed E-state index contributed by atoms with van der Waals surface area (Å²) in [6.45, 7) is 2.52. The zero-order valence-electron chi connectivity index (χ0n) is 21.0. The number of benzene rings is 4. The van der Waals surface area contributed by atoms with Gasteiger partial charge in [0.2, 0.25) is 0 Å². The van der Waals surface area contributed by atoms with Crippen LogP contribution in [0.1, 0.15) is 54.0 Å². The Labute approximate surface area is 216 Å². The molecule has 0 amide bonds. The third kappa shape index (κ3) is 6.71. The van der Waals surface area contributed by atoms with Gasteiger partial charge in [-0.3, -0.25) is 0 Å². The first kappa shape index (κ1) is 26.3. The molecule has 4 aromatic rings. The molecule has 0 radical (unpaired) electrons. The van der Waals surface area contributed by atoms with Crippen LogP contribution in [0.25, 0.3) is 10.8 Å². The minimum Gasteiger partial charge on any atom is -0.493 e. The summed E-state index contributed by atoms with van der Waals surface area (Å²) in [4.78, 5) is 0. The predicted molar refractivity (Wildman–Crippen MR) is 141 cm³/mol. The lowest BCUT2D eigenvalue weighted by molar-refractivity contribution is 0.302. The molecule has 4 rings (SSSR count). The number of hydrogen-bond donors (Lipinski definition) is 0. The summed E-state index contributed by atoms with van der Waals surface area (Å²) >= 11 is 0. The van der Waals surface area contributed by atoms with E-state index >= 15 is 4.39 Å². The van der Waals surface area contributed by atoms with Crippen molar-refractivity contribution >= 4 is 10.8 Å². The highest BCUT2D eigenvalue weighted by Gasteiger charge is 2.13. The van der Waals surface area contributed by atoms with Crippen LogP contribution in [0.5, 0.6) is 5.75 Å². The maximum atomic E-state index is 15.2. The standard InChI is InChI=1S/C32H30F3NO/c1-2-3-4-17-37-27-19-30(33)29(31(34)20-27)16-11-23-10-15-28-26(18-23)14-13-25(32(28)35)12-9-22-5-7-24(21-36)8-6-22/h5-8,10,13-15,18-20H,2-4,9,11-12,16-17H2,1H3. The van der Waals surface area contributed by atoms with E-state index in [0.29, 0.717) is 42.4 Å². The van der Waals surface area contributed by atoms with Gasteiger partial charge in [0, 0.05) is 23.1 Å². The van der Waals surface area contributed by atoms with E-state index in [1.54, 1.807) is 24.3 Å². The molecule has 5 heteroatoms. The summed E-state index contributed by atoms with van der Waals surface area (Å²) in [5.41, 5.74) is 3.20. The molecule has 4 aromatic carbocycles. The topological polar surface area (TPSA) is 33.0 Å². The summed E-state index contributed by atoms with van der Waals surface area (Å²) in [5.74, 6) is -1.25. The van der Waals surface area contributed by atoms with Gasteiger partial charge in [0.15, 0.2) is 0 Å². The monoisotopic (exact) mass is 501 g/mol. The number of nitrogens with zero attached hydrogens (tertiary/aromatic N) is 1. The van der Waals surface area contributed by atoms with Crippen molar-refractivity contribution in [3.63, 3.8) is 0 Å². The van der Waals surface area contributed by atoms with E-state index in [9.17, 15) is 8.78 Å². The van der Waals surface area contributed by atoms with Crippen molar-refractivity contribution < 1.29 is 17.9 Å². The number of fused-ring (bicyclic) bond motifs is 1. The summed E-state index contributed by atoms with van der Waals surface area (Å²) in [5, 5.41) is 10.2. The van der Waals surface area contributed by atoms with E-state index in [0.717, 1.165) is 35.8 Å². The van der Waals surface area contributed by atoms with Crippen molar-refractivity contribution in [3.8, 4) is 11.8 Å². The highest BCUT2D eigenvalue weighted by molar-refractivity contribution is 5.84. The number of halogens is 3. The Morgan fingerprint density at radius 2 is 1.46 bits per heavy atom. The predicted octanol–water partition coefficient (Wildman–Crippen LogP) is 8.27. The summed E-state index contributed by atoms with van der Waals surface area (Å²) in [6, 6.07) is 21.0. The van der Waals surface area contributed by atoms with E-state index in [2.05, 4.69) is 13.0 Å². The summed E-state index contributed by atoms with van der Waals surface area (Å²) < 4.78 is 49.9. The smallest absolute Gasteiger partial charge is 0.134 e. The van der Waals surface area contributed by atoms with E-state index in [4.69, 9.17) is 10.00 Å². The minimum absolute atomic E-state index is 0.0327. The molecule has 0 bridgehead atoms. The van der Waals surface area contributed by atoms with Gasteiger partial charge in [0.25, 0.3) is 0 Å². The lowest BCUT2D eigenvalue weighted by Gasteiger charge is -2.11. The van der Waals surface area contributed by atoms with Crippen LogP contribution in [-0.2, 0) is 25.7 Å². The Morgan fingerprint density at radius 3 is 2.16 bits per heavy atom. The van der Waals surface area contributed by atoms with Crippen molar-refractivity contribution in [2.75, 3.05) is 6.61 Å². The maximum Gasteiger partial charge on any atom is 0.134 e. The number of hydrogen-bond acceptors (Lipinski definition) is 2. The number of aryl methyl sites for hydroxylation is 3. The zero-order valence-corrected chi connectivity index (χ0v) is 21.0. The lowest BCUT2D eigenvalue weighted by Crippen LogP contribution is -2.03. The molecule has 0 fully saturated rings. The number of unbranched alkanes of at least 4 members (excludes halogenated alkanes) is 2. The quantitative estimate of drug-likeness (QED) is 0.194. The van der Waals surface area contributed by atoms with Gasteiger partial charge in [-0.15, -0.1) is 0 Å². The number of rotatable bonds is 11. The van der Waals surface area contributed by atoms with Crippen LogP contribution in [0.4, 0.5) is 13.2 Å². The Morgan fingerprint density at radius 1 is 0.757 bits per heavy atom. The van der Waals surface area contributed by atoms with Crippen molar-refractivity contribution in [2.45, 2.75) is 51.9 Å². The van der Waals surface area contributed by atoms with Crippen LogP contribution in [0.15, 0.2) is 66.7 Å². The molecule has 0 unspecified atom stereocenters. The van der Waals surface area contributed by atoms with Gasteiger partial charge in [-0.2, -0.15) is 5.26 Å². The van der Waals surface area contributed by atoms with Crippen molar-refractivity contribution in [1.82, 2.24) is 0 Å². The lowest BCUT2D eigenvalue weighted by atomic mass is 9.97. The van der Waals surface area contributed by atoms with E-state index < -0.39 is 11.6 Å². The second kappa shape index (κ2) is 12.5. The average Bonchev–Trinajstić information content (AvgIpc) is 2.90. The molecule has 0 saturated carbocycles. The second-order valence-corrected chi connectivity index (χ2v) is 9.32. The van der Waals surface area contributed by atoms with Crippen LogP contribution < -0.4 is 4.74 Å². The Balaban J connectivity index is 1.41. The Bertz CT molecular complexity index is 1380. The molecule has 37 heavy (non-hydrogen) atoms. The molecular formula is C32H30F3NO. The van der Waals surface area contributed by atoms with Gasteiger partial charge in [-0.1, -0.05) is 62.2 Å². The molecule has 0 aromatic heterocycles. The SMILES string of the molecule is CCCCCOc1cc(F)c(CCc2ccc3c(F)c(CCc4ccc(C#N)cc4)ccc3c2)c(F)c1. The highest BCUT2D eigenvalue weighted by atomic mass is 19.1. The van der Waals surface area contributed by atoms with E-state index in [-0.39, 0.29) is 23.6 Å². The molecular weight excluding hydrogens is 471 g/mol. The molecule has 190 valence electrons. The first-order valence-electron chi connectivity index (χ1n) is 12.8. The van der Waals surface area contributed by atoms with Crippen LogP contribution in [0.3, 0.4) is 0 Å². The van der Waals surface area contributed by atoms with Crippen molar-refractivity contribution in [2.24, 2.45) is 0 Å². The van der Waals surface area contributed by atoms with Crippen LogP contribution in [0.2, 0.25) is 0 Å². The highest BCUT2D eigenvalue weighted by Crippen LogP contribution is 2.26. The fourth-order valence-electron chi connectivity index (χ4n) is 4.47. The van der Waals surface area contributed by atoms with Gasteiger partial charge < -0.3 is 4.74 Å². The van der Waals surface area contributed by atoms with E-state index in [1.807, 2.05) is 30.3 Å². The third-order valence-corrected chi connectivity index (χ3v) is 6.66. The fraction of sp³-hybridized carbons (Fsp3) is 0.281. The molecule has 0 heterocycles. The van der Waals surface area contributed by atoms with Crippen LogP contribution in [-0.4, -0.2) is 6.61 Å². The fourth-order valence-corrected chi connectivity index (χ4v) is 4.47. The summed E-state index contributed by atoms with van der Waals surface area (Å²) in [6.07, 6.45) is 4.76.